The van der Waals surface area contributed by atoms with Crippen LogP contribution in [0.15, 0.2) is 36.4 Å². The number of amides is 2. The molecule has 27 heavy (non-hydrogen) atoms. The van der Waals surface area contributed by atoms with Crippen molar-refractivity contribution in [2.45, 2.75) is 19.3 Å². The maximum Gasteiger partial charge on any atom is 0.227 e. The van der Waals surface area contributed by atoms with Crippen LogP contribution < -0.4 is 20.1 Å². The van der Waals surface area contributed by atoms with Crippen LogP contribution in [0, 0.1) is 5.92 Å². The number of para-hydroxylation sites is 1. The standard InChI is InChI=1S/C20H21ClN2O4/c1-26-17-11-16(18(27-2)10-14(17)21)22-19(24)8-7-13-9-12-5-3-4-6-15(12)23-20(13)25/h3-6,10-11,13H,7-9H2,1-2H3,(H,22,24)(H,23,25)/t13-/m0/s1. The summed E-state index contributed by atoms with van der Waals surface area (Å²) in [4.78, 5) is 24.6. The second-order valence-corrected chi connectivity index (χ2v) is 6.73. The molecule has 2 amide bonds. The monoisotopic (exact) mass is 388 g/mol. The zero-order chi connectivity index (χ0) is 19.4. The van der Waals surface area contributed by atoms with Crippen molar-refractivity contribution in [1.29, 1.82) is 0 Å². The second kappa shape index (κ2) is 8.31. The van der Waals surface area contributed by atoms with Crippen LogP contribution in [0.5, 0.6) is 11.5 Å². The van der Waals surface area contributed by atoms with Crippen molar-refractivity contribution < 1.29 is 19.1 Å². The van der Waals surface area contributed by atoms with Gasteiger partial charge in [0.25, 0.3) is 0 Å². The number of nitrogens with one attached hydrogen (secondary N) is 2. The lowest BCUT2D eigenvalue weighted by Crippen LogP contribution is -2.30. The predicted octanol–water partition coefficient (Wildman–Crippen LogP) is 3.89. The maximum atomic E-state index is 12.4. The lowest BCUT2D eigenvalue weighted by atomic mass is 9.89. The summed E-state index contributed by atoms with van der Waals surface area (Å²) in [5.41, 5.74) is 2.41. The number of rotatable bonds is 6. The number of carbonyl (C=O) groups is 2. The molecule has 0 fully saturated rings. The number of anilines is 2. The predicted molar refractivity (Wildman–Crippen MR) is 105 cm³/mol. The zero-order valence-electron chi connectivity index (χ0n) is 15.2. The van der Waals surface area contributed by atoms with Crippen LogP contribution in [-0.4, -0.2) is 26.0 Å². The van der Waals surface area contributed by atoms with Gasteiger partial charge in [-0.05, 0) is 24.5 Å². The number of hydrogen-bond acceptors (Lipinski definition) is 4. The number of carbonyl (C=O) groups excluding carboxylic acids is 2. The van der Waals surface area contributed by atoms with Crippen molar-refractivity contribution in [2.24, 2.45) is 5.92 Å². The first-order chi connectivity index (χ1) is 13.0. The van der Waals surface area contributed by atoms with Crippen molar-refractivity contribution in [3.05, 3.63) is 47.0 Å². The minimum absolute atomic E-state index is 0.0488. The van der Waals surface area contributed by atoms with Gasteiger partial charge >= 0.3 is 0 Å². The third kappa shape index (κ3) is 4.34. The summed E-state index contributed by atoms with van der Waals surface area (Å²) < 4.78 is 10.4. The van der Waals surface area contributed by atoms with E-state index in [1.165, 1.54) is 14.2 Å². The maximum absolute atomic E-state index is 12.4. The summed E-state index contributed by atoms with van der Waals surface area (Å²) in [7, 11) is 3.00. The fraction of sp³-hybridized carbons (Fsp3) is 0.300. The number of halogens is 1. The van der Waals surface area contributed by atoms with Crippen LogP contribution in [0.1, 0.15) is 18.4 Å². The van der Waals surface area contributed by atoms with E-state index in [0.29, 0.717) is 35.1 Å². The number of methoxy groups -OCH3 is 2. The molecule has 0 spiro atoms. The van der Waals surface area contributed by atoms with Crippen LogP contribution in [0.4, 0.5) is 11.4 Å². The van der Waals surface area contributed by atoms with E-state index in [4.69, 9.17) is 21.1 Å². The minimum Gasteiger partial charge on any atom is -0.495 e. The highest BCUT2D eigenvalue weighted by Gasteiger charge is 2.26. The van der Waals surface area contributed by atoms with Crippen molar-refractivity contribution in [1.82, 2.24) is 0 Å². The van der Waals surface area contributed by atoms with Gasteiger partial charge in [-0.3, -0.25) is 9.59 Å². The number of hydrogen-bond donors (Lipinski definition) is 2. The first-order valence-corrected chi connectivity index (χ1v) is 8.99. The van der Waals surface area contributed by atoms with E-state index in [-0.39, 0.29) is 24.2 Å². The van der Waals surface area contributed by atoms with Gasteiger partial charge in [0.05, 0.1) is 24.9 Å². The van der Waals surface area contributed by atoms with E-state index in [2.05, 4.69) is 10.6 Å². The molecule has 0 saturated carbocycles. The van der Waals surface area contributed by atoms with Crippen LogP contribution >= 0.6 is 11.6 Å². The molecule has 3 rings (SSSR count). The van der Waals surface area contributed by atoms with Gasteiger partial charge < -0.3 is 20.1 Å². The van der Waals surface area contributed by atoms with Crippen LogP contribution in [0.2, 0.25) is 5.02 Å². The van der Waals surface area contributed by atoms with Gasteiger partial charge in [0.1, 0.15) is 11.5 Å². The largest absolute Gasteiger partial charge is 0.495 e. The molecule has 0 saturated heterocycles. The van der Waals surface area contributed by atoms with E-state index >= 15 is 0 Å². The molecule has 2 aromatic rings. The molecule has 1 atom stereocenters. The molecule has 1 aliphatic heterocycles. The Morgan fingerprint density at radius 1 is 1.22 bits per heavy atom. The Morgan fingerprint density at radius 3 is 2.70 bits per heavy atom. The van der Waals surface area contributed by atoms with Gasteiger partial charge in [-0.1, -0.05) is 29.8 Å². The zero-order valence-corrected chi connectivity index (χ0v) is 15.9. The Kier molecular flexibility index (Phi) is 5.86. The summed E-state index contributed by atoms with van der Waals surface area (Å²) in [6, 6.07) is 10.9. The molecule has 7 heteroatoms. The van der Waals surface area contributed by atoms with Crippen LogP contribution in [0.3, 0.4) is 0 Å². The molecule has 0 bridgehead atoms. The highest BCUT2D eigenvalue weighted by Crippen LogP contribution is 2.36. The first kappa shape index (κ1) is 19.0. The van der Waals surface area contributed by atoms with Gasteiger partial charge in [0.15, 0.2) is 0 Å². The Balaban J connectivity index is 1.63. The molecule has 142 valence electrons. The fourth-order valence-corrected chi connectivity index (χ4v) is 3.35. The molecule has 1 aliphatic rings. The van der Waals surface area contributed by atoms with E-state index in [9.17, 15) is 9.59 Å². The van der Waals surface area contributed by atoms with Gasteiger partial charge in [-0.2, -0.15) is 0 Å². The van der Waals surface area contributed by atoms with E-state index < -0.39 is 0 Å². The fourth-order valence-electron chi connectivity index (χ4n) is 3.12. The van der Waals surface area contributed by atoms with E-state index in [1.807, 2.05) is 24.3 Å². The smallest absolute Gasteiger partial charge is 0.227 e. The number of benzene rings is 2. The van der Waals surface area contributed by atoms with E-state index in [0.717, 1.165) is 11.3 Å². The van der Waals surface area contributed by atoms with Crippen molar-refractivity contribution in [3.8, 4) is 11.5 Å². The third-order valence-electron chi connectivity index (χ3n) is 4.58. The summed E-state index contributed by atoms with van der Waals surface area (Å²) in [6.45, 7) is 0. The average molecular weight is 389 g/mol. The molecule has 6 nitrogen and oxygen atoms in total. The molecule has 0 radical (unpaired) electrons. The Morgan fingerprint density at radius 2 is 1.96 bits per heavy atom. The third-order valence-corrected chi connectivity index (χ3v) is 4.88. The van der Waals surface area contributed by atoms with Crippen LogP contribution in [-0.2, 0) is 16.0 Å². The van der Waals surface area contributed by atoms with Crippen LogP contribution in [0.25, 0.3) is 0 Å². The van der Waals surface area contributed by atoms with Gasteiger partial charge in [-0.25, -0.2) is 0 Å². The molecule has 0 aliphatic carbocycles. The topological polar surface area (TPSA) is 76.7 Å². The number of ether oxygens (including phenoxy) is 2. The Labute approximate surface area is 162 Å². The molecule has 2 aromatic carbocycles. The van der Waals surface area contributed by atoms with Crippen molar-refractivity contribution in [3.63, 3.8) is 0 Å². The number of fused-ring (bicyclic) bond motifs is 1. The molecular formula is C20H21ClN2O4. The Bertz CT molecular complexity index is 869. The molecule has 1 heterocycles. The van der Waals surface area contributed by atoms with E-state index in [1.54, 1.807) is 12.1 Å². The second-order valence-electron chi connectivity index (χ2n) is 6.32. The van der Waals surface area contributed by atoms with Gasteiger partial charge in [0.2, 0.25) is 11.8 Å². The molecule has 0 aromatic heterocycles. The summed E-state index contributed by atoms with van der Waals surface area (Å²) >= 11 is 6.07. The minimum atomic E-state index is -0.229. The highest BCUT2D eigenvalue weighted by atomic mass is 35.5. The first-order valence-electron chi connectivity index (χ1n) is 8.62. The summed E-state index contributed by atoms with van der Waals surface area (Å²) in [5.74, 6) is 0.401. The van der Waals surface area contributed by atoms with Crippen molar-refractivity contribution >= 4 is 34.8 Å². The molecular weight excluding hydrogens is 368 g/mol. The lowest BCUT2D eigenvalue weighted by Gasteiger charge is -2.24. The lowest BCUT2D eigenvalue weighted by molar-refractivity contribution is -0.121. The SMILES string of the molecule is COc1cc(NC(=O)CC[C@H]2Cc3ccccc3NC2=O)c(OC)cc1Cl. The highest BCUT2D eigenvalue weighted by molar-refractivity contribution is 6.32. The van der Waals surface area contributed by atoms with Gasteiger partial charge in [0, 0.05) is 30.2 Å². The average Bonchev–Trinajstić information content (AvgIpc) is 2.67. The molecule has 2 N–H and O–H groups in total. The Hall–Kier alpha value is -2.73. The molecule has 0 unspecified atom stereocenters. The quantitative estimate of drug-likeness (QED) is 0.787. The summed E-state index contributed by atoms with van der Waals surface area (Å²) in [6.07, 6.45) is 1.31. The van der Waals surface area contributed by atoms with Crippen molar-refractivity contribution in [2.75, 3.05) is 24.9 Å². The van der Waals surface area contributed by atoms with Gasteiger partial charge in [-0.15, -0.1) is 0 Å². The normalized spacial score (nSPS) is 15.5. The summed E-state index contributed by atoms with van der Waals surface area (Å²) in [5, 5.41) is 6.10.